The van der Waals surface area contributed by atoms with Crippen molar-refractivity contribution < 1.29 is 4.52 Å². The van der Waals surface area contributed by atoms with Gasteiger partial charge in [0.2, 0.25) is 5.89 Å². The van der Waals surface area contributed by atoms with E-state index in [0.29, 0.717) is 24.0 Å². The molecular weight excluding hydrogens is 276 g/mol. The molecule has 0 amide bonds. The van der Waals surface area contributed by atoms with Gasteiger partial charge in [0.15, 0.2) is 11.0 Å². The summed E-state index contributed by atoms with van der Waals surface area (Å²) in [5.41, 5.74) is 5.57. The molecule has 0 atom stereocenters. The molecule has 8 heteroatoms. The van der Waals surface area contributed by atoms with Crippen molar-refractivity contribution in [1.29, 1.82) is 0 Å². The molecule has 108 valence electrons. The first kappa shape index (κ1) is 13.6. The third-order valence-electron chi connectivity index (χ3n) is 3.63. The largest absolute Gasteiger partial charge is 0.339 e. The maximum absolute atomic E-state index is 5.57. The average Bonchev–Trinajstić information content (AvgIpc) is 3.17. The summed E-state index contributed by atoms with van der Waals surface area (Å²) in [5, 5.41) is 13.0. The maximum Gasteiger partial charge on any atom is 0.229 e. The second-order valence-corrected chi connectivity index (χ2v) is 5.92. The van der Waals surface area contributed by atoms with E-state index in [4.69, 9.17) is 10.3 Å². The Labute approximate surface area is 121 Å². The standard InChI is InChI=1S/C12H18N6OS/c1-18-10(6-13)15-16-12(18)20-7-9-14-11(19-17-9)8-4-2-3-5-8/h8H,2-7,13H2,1H3. The molecule has 0 bridgehead atoms. The Morgan fingerprint density at radius 1 is 1.35 bits per heavy atom. The molecule has 3 rings (SSSR count). The van der Waals surface area contributed by atoms with Crippen LogP contribution < -0.4 is 5.73 Å². The minimum Gasteiger partial charge on any atom is -0.339 e. The van der Waals surface area contributed by atoms with E-state index in [0.717, 1.165) is 29.7 Å². The van der Waals surface area contributed by atoms with Crippen LogP contribution in [0.1, 0.15) is 49.1 Å². The number of hydrogen-bond acceptors (Lipinski definition) is 7. The summed E-state index contributed by atoms with van der Waals surface area (Å²) < 4.78 is 7.25. The van der Waals surface area contributed by atoms with E-state index in [1.807, 2.05) is 11.6 Å². The number of nitrogens with zero attached hydrogens (tertiary/aromatic N) is 5. The Balaban J connectivity index is 1.62. The first-order chi connectivity index (χ1) is 9.78. The van der Waals surface area contributed by atoms with E-state index in [1.165, 1.54) is 12.8 Å². The zero-order valence-corrected chi connectivity index (χ0v) is 12.3. The van der Waals surface area contributed by atoms with Crippen molar-refractivity contribution in [2.45, 2.75) is 49.1 Å². The quantitative estimate of drug-likeness (QED) is 0.837. The minimum absolute atomic E-state index is 0.387. The SMILES string of the molecule is Cn1c(CN)nnc1SCc1noc(C2CCCC2)n1. The summed E-state index contributed by atoms with van der Waals surface area (Å²) >= 11 is 1.54. The molecule has 20 heavy (non-hydrogen) atoms. The van der Waals surface area contributed by atoms with Crippen LogP contribution in [0.5, 0.6) is 0 Å². The van der Waals surface area contributed by atoms with Crippen LogP contribution >= 0.6 is 11.8 Å². The third kappa shape index (κ3) is 2.71. The number of hydrogen-bond donors (Lipinski definition) is 1. The van der Waals surface area contributed by atoms with Crippen LogP contribution in [0.2, 0.25) is 0 Å². The van der Waals surface area contributed by atoms with Gasteiger partial charge in [0, 0.05) is 13.0 Å². The fraction of sp³-hybridized carbons (Fsp3) is 0.667. The molecule has 2 aromatic rings. The number of aromatic nitrogens is 5. The summed E-state index contributed by atoms with van der Waals surface area (Å²) in [7, 11) is 1.91. The topological polar surface area (TPSA) is 95.7 Å². The van der Waals surface area contributed by atoms with E-state index in [1.54, 1.807) is 11.8 Å². The third-order valence-corrected chi connectivity index (χ3v) is 4.64. The Kier molecular flexibility index (Phi) is 4.02. The molecule has 2 N–H and O–H groups in total. The van der Waals surface area contributed by atoms with E-state index in [2.05, 4.69) is 20.3 Å². The molecule has 2 aromatic heterocycles. The van der Waals surface area contributed by atoms with E-state index in [9.17, 15) is 0 Å². The lowest BCUT2D eigenvalue weighted by Gasteiger charge is -2.00. The second-order valence-electron chi connectivity index (χ2n) is 4.98. The molecule has 7 nitrogen and oxygen atoms in total. The van der Waals surface area contributed by atoms with Crippen LogP contribution in [0.15, 0.2) is 9.68 Å². The van der Waals surface area contributed by atoms with Gasteiger partial charge in [0.05, 0.1) is 12.3 Å². The van der Waals surface area contributed by atoms with Crippen molar-refractivity contribution in [1.82, 2.24) is 24.9 Å². The van der Waals surface area contributed by atoms with Crippen LogP contribution in [0.25, 0.3) is 0 Å². The Hall–Kier alpha value is -1.41. The van der Waals surface area contributed by atoms with Crippen LogP contribution in [0.4, 0.5) is 0 Å². The highest BCUT2D eigenvalue weighted by molar-refractivity contribution is 7.98. The van der Waals surface area contributed by atoms with Gasteiger partial charge >= 0.3 is 0 Å². The zero-order valence-electron chi connectivity index (χ0n) is 11.4. The van der Waals surface area contributed by atoms with E-state index in [-0.39, 0.29) is 0 Å². The van der Waals surface area contributed by atoms with Crippen LogP contribution in [-0.2, 0) is 19.3 Å². The molecule has 0 aliphatic heterocycles. The Bertz CT molecular complexity index is 574. The van der Waals surface area contributed by atoms with Gasteiger partial charge in [0.1, 0.15) is 5.82 Å². The summed E-state index contributed by atoms with van der Waals surface area (Å²) in [4.78, 5) is 4.48. The van der Waals surface area contributed by atoms with Crippen LogP contribution in [-0.4, -0.2) is 24.9 Å². The molecule has 0 spiro atoms. The Morgan fingerprint density at radius 2 is 2.15 bits per heavy atom. The summed E-state index contributed by atoms with van der Waals surface area (Å²) in [5.74, 6) is 3.37. The predicted octanol–water partition coefficient (Wildman–Crippen LogP) is 1.61. The minimum atomic E-state index is 0.387. The summed E-state index contributed by atoms with van der Waals surface area (Å²) in [6, 6.07) is 0. The lowest BCUT2D eigenvalue weighted by Crippen LogP contribution is -2.05. The lowest BCUT2D eigenvalue weighted by atomic mass is 10.1. The number of nitrogens with two attached hydrogens (primary N) is 1. The van der Waals surface area contributed by atoms with Gasteiger partial charge in [-0.15, -0.1) is 10.2 Å². The van der Waals surface area contributed by atoms with Gasteiger partial charge in [-0.1, -0.05) is 29.8 Å². The van der Waals surface area contributed by atoms with E-state index >= 15 is 0 Å². The Morgan fingerprint density at radius 3 is 2.85 bits per heavy atom. The van der Waals surface area contributed by atoms with Gasteiger partial charge in [0.25, 0.3) is 0 Å². The van der Waals surface area contributed by atoms with Gasteiger partial charge in [-0.3, -0.25) is 0 Å². The highest BCUT2D eigenvalue weighted by Crippen LogP contribution is 2.33. The van der Waals surface area contributed by atoms with Crippen LogP contribution in [0.3, 0.4) is 0 Å². The molecule has 1 fully saturated rings. The monoisotopic (exact) mass is 294 g/mol. The number of rotatable bonds is 5. The van der Waals surface area contributed by atoms with Crippen molar-refractivity contribution in [3.8, 4) is 0 Å². The molecule has 0 radical (unpaired) electrons. The molecule has 1 aliphatic rings. The summed E-state index contributed by atoms with van der Waals surface area (Å²) in [6.07, 6.45) is 4.85. The lowest BCUT2D eigenvalue weighted by molar-refractivity contribution is 0.351. The molecule has 0 saturated heterocycles. The molecule has 2 heterocycles. The van der Waals surface area contributed by atoms with Crippen molar-refractivity contribution >= 4 is 11.8 Å². The second kappa shape index (κ2) is 5.92. The van der Waals surface area contributed by atoms with E-state index < -0.39 is 0 Å². The van der Waals surface area contributed by atoms with Gasteiger partial charge in [-0.05, 0) is 12.8 Å². The normalized spacial score (nSPS) is 16.1. The average molecular weight is 294 g/mol. The highest BCUT2D eigenvalue weighted by Gasteiger charge is 2.23. The molecule has 0 aromatic carbocycles. The molecule has 0 unspecified atom stereocenters. The van der Waals surface area contributed by atoms with Gasteiger partial charge < -0.3 is 14.8 Å². The first-order valence-electron chi connectivity index (χ1n) is 6.81. The van der Waals surface area contributed by atoms with Crippen molar-refractivity contribution in [2.24, 2.45) is 12.8 Å². The summed E-state index contributed by atoms with van der Waals surface area (Å²) in [6.45, 7) is 0.387. The smallest absolute Gasteiger partial charge is 0.229 e. The predicted molar refractivity (Wildman–Crippen MR) is 74.0 cm³/mol. The number of thioether (sulfide) groups is 1. The van der Waals surface area contributed by atoms with Crippen LogP contribution in [0, 0.1) is 0 Å². The molecule has 1 aliphatic carbocycles. The fourth-order valence-corrected chi connectivity index (χ4v) is 3.22. The van der Waals surface area contributed by atoms with Gasteiger partial charge in [-0.25, -0.2) is 0 Å². The zero-order chi connectivity index (χ0) is 13.9. The van der Waals surface area contributed by atoms with Crippen molar-refractivity contribution in [3.05, 3.63) is 17.5 Å². The highest BCUT2D eigenvalue weighted by atomic mass is 32.2. The van der Waals surface area contributed by atoms with Gasteiger partial charge in [-0.2, -0.15) is 4.98 Å². The fourth-order valence-electron chi connectivity index (χ4n) is 2.44. The first-order valence-corrected chi connectivity index (χ1v) is 7.80. The van der Waals surface area contributed by atoms with Crippen molar-refractivity contribution in [2.75, 3.05) is 0 Å². The molecule has 1 saturated carbocycles. The molecular formula is C12H18N6OS. The maximum atomic E-state index is 5.57. The van der Waals surface area contributed by atoms with Crippen molar-refractivity contribution in [3.63, 3.8) is 0 Å².